The fourth-order valence-corrected chi connectivity index (χ4v) is 5.32. The molecular formula is C23H21ClN2O3S. The lowest BCUT2D eigenvalue weighted by Crippen LogP contribution is -2.28. The summed E-state index contributed by atoms with van der Waals surface area (Å²) >= 11 is 8.04. The monoisotopic (exact) mass is 440 g/mol. The van der Waals surface area contributed by atoms with E-state index in [1.54, 1.807) is 29.6 Å². The van der Waals surface area contributed by atoms with Gasteiger partial charge >= 0.3 is 0 Å². The molecule has 1 fully saturated rings. The maximum atomic E-state index is 13.0. The van der Waals surface area contributed by atoms with E-state index in [4.69, 9.17) is 26.1 Å². The Morgan fingerprint density at radius 3 is 2.97 bits per heavy atom. The summed E-state index contributed by atoms with van der Waals surface area (Å²) in [6.07, 6.45) is 6.14. The van der Waals surface area contributed by atoms with Crippen molar-refractivity contribution in [2.24, 2.45) is 0 Å². The van der Waals surface area contributed by atoms with E-state index in [1.807, 2.05) is 29.2 Å². The van der Waals surface area contributed by atoms with Crippen LogP contribution in [0.25, 0.3) is 16.3 Å². The zero-order chi connectivity index (χ0) is 20.5. The number of nitrogens with zero attached hydrogens (tertiary/aromatic N) is 2. The molecule has 1 aromatic heterocycles. The number of hydrogen-bond acceptors (Lipinski definition) is 5. The van der Waals surface area contributed by atoms with Crippen LogP contribution in [0.3, 0.4) is 0 Å². The Kier molecular flexibility index (Phi) is 5.35. The van der Waals surface area contributed by atoms with Crippen LogP contribution < -0.4 is 9.47 Å². The molecule has 5 nitrogen and oxygen atoms in total. The lowest BCUT2D eigenvalue weighted by Gasteiger charge is -2.21. The number of para-hydroxylation sites is 1. The molecular weight excluding hydrogens is 420 g/mol. The van der Waals surface area contributed by atoms with Crippen LogP contribution >= 0.6 is 22.9 Å². The van der Waals surface area contributed by atoms with E-state index in [2.05, 4.69) is 6.07 Å². The van der Waals surface area contributed by atoms with Gasteiger partial charge in [-0.2, -0.15) is 0 Å². The van der Waals surface area contributed by atoms with E-state index >= 15 is 0 Å². The normalized spacial score (nSPS) is 18.8. The van der Waals surface area contributed by atoms with Crippen molar-refractivity contribution in [3.63, 3.8) is 0 Å². The summed E-state index contributed by atoms with van der Waals surface area (Å²) in [6.45, 7) is 1.92. The first-order chi connectivity index (χ1) is 14.7. The van der Waals surface area contributed by atoms with Crippen molar-refractivity contribution in [1.82, 2.24) is 9.88 Å². The van der Waals surface area contributed by atoms with Crippen LogP contribution in [0.15, 0.2) is 42.5 Å². The molecule has 5 rings (SSSR count). The Balaban J connectivity index is 1.36. The second-order valence-corrected chi connectivity index (χ2v) is 8.89. The Bertz CT molecular complexity index is 1090. The van der Waals surface area contributed by atoms with Crippen LogP contribution in [0, 0.1) is 0 Å². The highest BCUT2D eigenvalue weighted by Gasteiger charge is 2.31. The van der Waals surface area contributed by atoms with Crippen molar-refractivity contribution in [3.05, 3.63) is 58.1 Å². The molecule has 0 radical (unpaired) electrons. The first-order valence-corrected chi connectivity index (χ1v) is 11.3. The molecule has 0 unspecified atom stereocenters. The number of aromatic nitrogens is 1. The fourth-order valence-electron chi connectivity index (χ4n) is 3.93. The maximum absolute atomic E-state index is 13.0. The van der Waals surface area contributed by atoms with Gasteiger partial charge in [0.15, 0.2) is 11.5 Å². The predicted octanol–water partition coefficient (Wildman–Crippen LogP) is 5.49. The van der Waals surface area contributed by atoms with Crippen molar-refractivity contribution in [1.29, 1.82) is 0 Å². The number of halogens is 1. The van der Waals surface area contributed by atoms with Gasteiger partial charge in [0.2, 0.25) is 5.91 Å². The number of likely N-dealkylation sites (tertiary alicyclic amines) is 1. The summed E-state index contributed by atoms with van der Waals surface area (Å²) in [7, 11) is 0. The highest BCUT2D eigenvalue weighted by Crippen LogP contribution is 2.39. The largest absolute Gasteiger partial charge is 0.489 e. The molecule has 3 heterocycles. The van der Waals surface area contributed by atoms with Gasteiger partial charge in [-0.05, 0) is 48.7 Å². The molecule has 0 N–H and O–H groups in total. The molecule has 7 heteroatoms. The highest BCUT2D eigenvalue weighted by atomic mass is 35.5. The van der Waals surface area contributed by atoms with Crippen LogP contribution in [0.5, 0.6) is 11.5 Å². The van der Waals surface area contributed by atoms with Gasteiger partial charge in [-0.15, -0.1) is 11.3 Å². The number of carbonyl (C=O) groups is 1. The second kappa shape index (κ2) is 8.28. The molecule has 0 aliphatic carbocycles. The average Bonchev–Trinajstić information content (AvgIpc) is 3.33. The number of rotatable bonds is 3. The number of ether oxygens (including phenoxy) is 2. The van der Waals surface area contributed by atoms with Crippen molar-refractivity contribution in [2.75, 3.05) is 19.8 Å². The van der Waals surface area contributed by atoms with Crippen LogP contribution in [-0.2, 0) is 4.79 Å². The summed E-state index contributed by atoms with van der Waals surface area (Å²) in [5.74, 6) is 1.19. The topological polar surface area (TPSA) is 51.7 Å². The summed E-state index contributed by atoms with van der Waals surface area (Å²) in [6, 6.07) is 11.8. The third-order valence-electron chi connectivity index (χ3n) is 5.37. The fraction of sp³-hybridized carbons (Fsp3) is 0.304. The van der Waals surface area contributed by atoms with E-state index in [1.165, 1.54) is 0 Å². The Morgan fingerprint density at radius 1 is 1.20 bits per heavy atom. The van der Waals surface area contributed by atoms with E-state index in [-0.39, 0.29) is 11.9 Å². The quantitative estimate of drug-likeness (QED) is 0.505. The zero-order valence-electron chi connectivity index (χ0n) is 16.3. The minimum atomic E-state index is -0.0139. The van der Waals surface area contributed by atoms with E-state index in [0.717, 1.165) is 46.6 Å². The lowest BCUT2D eigenvalue weighted by atomic mass is 10.1. The standard InChI is InChI=1S/C23H21ClN2O3S/c24-16-13-15(14-19-22(16)29-12-4-11-28-19)8-9-21(27)26-10-3-6-18(26)23-25-17-5-1-2-7-20(17)30-23/h1-2,5,7-9,13-14,18H,3-4,6,10-12H2/b9-8+/t18-/m1/s1. The van der Waals surface area contributed by atoms with Crippen LogP contribution in [0.1, 0.15) is 35.9 Å². The van der Waals surface area contributed by atoms with Gasteiger partial charge in [0.25, 0.3) is 0 Å². The first kappa shape index (κ1) is 19.4. The second-order valence-electron chi connectivity index (χ2n) is 7.42. The molecule has 2 aromatic carbocycles. The number of hydrogen-bond donors (Lipinski definition) is 0. The van der Waals surface area contributed by atoms with Crippen LogP contribution in [-0.4, -0.2) is 35.5 Å². The van der Waals surface area contributed by atoms with E-state index in [9.17, 15) is 4.79 Å². The Hall–Kier alpha value is -2.57. The summed E-state index contributed by atoms with van der Waals surface area (Å²) < 4.78 is 12.6. The molecule has 2 aliphatic rings. The minimum absolute atomic E-state index is 0.0139. The van der Waals surface area contributed by atoms with Crippen LogP contribution in [0.4, 0.5) is 0 Å². The number of fused-ring (bicyclic) bond motifs is 2. The Labute approximate surface area is 183 Å². The van der Waals surface area contributed by atoms with Gasteiger partial charge in [-0.25, -0.2) is 4.98 Å². The molecule has 154 valence electrons. The van der Waals surface area contributed by atoms with Gasteiger partial charge in [0.1, 0.15) is 5.01 Å². The third kappa shape index (κ3) is 3.77. The maximum Gasteiger partial charge on any atom is 0.247 e. The van der Waals surface area contributed by atoms with Crippen LogP contribution in [0.2, 0.25) is 5.02 Å². The van der Waals surface area contributed by atoms with Crippen molar-refractivity contribution in [3.8, 4) is 11.5 Å². The molecule has 30 heavy (non-hydrogen) atoms. The van der Waals surface area contributed by atoms with Gasteiger partial charge in [0, 0.05) is 19.0 Å². The molecule has 1 saturated heterocycles. The number of thiazole rings is 1. The summed E-state index contributed by atoms with van der Waals surface area (Å²) in [4.78, 5) is 19.7. The molecule has 0 bridgehead atoms. The smallest absolute Gasteiger partial charge is 0.247 e. The minimum Gasteiger partial charge on any atom is -0.489 e. The molecule has 1 amide bonds. The lowest BCUT2D eigenvalue weighted by molar-refractivity contribution is -0.126. The molecule has 0 spiro atoms. The number of amides is 1. The number of benzene rings is 2. The van der Waals surface area contributed by atoms with Crippen molar-refractivity contribution in [2.45, 2.75) is 25.3 Å². The van der Waals surface area contributed by atoms with Crippen molar-refractivity contribution >= 4 is 45.1 Å². The molecule has 1 atom stereocenters. The average molecular weight is 441 g/mol. The van der Waals surface area contributed by atoms with Crippen molar-refractivity contribution < 1.29 is 14.3 Å². The first-order valence-electron chi connectivity index (χ1n) is 10.1. The zero-order valence-corrected chi connectivity index (χ0v) is 17.9. The molecule has 3 aromatic rings. The predicted molar refractivity (Wildman–Crippen MR) is 119 cm³/mol. The third-order valence-corrected chi connectivity index (χ3v) is 6.79. The molecule has 2 aliphatic heterocycles. The highest BCUT2D eigenvalue weighted by molar-refractivity contribution is 7.18. The van der Waals surface area contributed by atoms with Gasteiger partial charge in [-0.1, -0.05) is 23.7 Å². The summed E-state index contributed by atoms with van der Waals surface area (Å²) in [5.41, 5.74) is 1.81. The van der Waals surface area contributed by atoms with Gasteiger partial charge in [-0.3, -0.25) is 4.79 Å². The Morgan fingerprint density at radius 2 is 2.07 bits per heavy atom. The van der Waals surface area contributed by atoms with E-state index in [0.29, 0.717) is 29.7 Å². The molecule has 0 saturated carbocycles. The summed E-state index contributed by atoms with van der Waals surface area (Å²) in [5, 5.41) is 1.50. The van der Waals surface area contributed by atoms with Gasteiger partial charge < -0.3 is 14.4 Å². The van der Waals surface area contributed by atoms with Gasteiger partial charge in [0.05, 0.1) is 34.5 Å². The number of carbonyl (C=O) groups excluding carboxylic acids is 1. The van der Waals surface area contributed by atoms with E-state index < -0.39 is 0 Å². The SMILES string of the molecule is O=C(/C=C/c1cc(Cl)c2c(c1)OCCCO2)N1CCC[C@@H]1c1nc2ccccc2s1.